The Balaban J connectivity index is 2.03. The van der Waals surface area contributed by atoms with Crippen molar-refractivity contribution in [2.75, 3.05) is 44.7 Å². The second kappa shape index (κ2) is 6.62. The number of halogens is 3. The van der Waals surface area contributed by atoms with Crippen LogP contribution in [-0.4, -0.2) is 55.8 Å². The van der Waals surface area contributed by atoms with Crippen LogP contribution >= 0.6 is 0 Å². The van der Waals surface area contributed by atoms with E-state index in [1.54, 1.807) is 6.20 Å². The first-order valence-electron chi connectivity index (χ1n) is 7.07. The third-order valence-electron chi connectivity index (χ3n) is 3.79. The van der Waals surface area contributed by atoms with E-state index in [9.17, 15) is 13.2 Å². The molecule has 4 nitrogen and oxygen atoms in total. The lowest BCUT2D eigenvalue weighted by Gasteiger charge is -2.36. The van der Waals surface area contributed by atoms with E-state index in [-0.39, 0.29) is 6.04 Å². The van der Waals surface area contributed by atoms with Gasteiger partial charge in [-0.1, -0.05) is 6.07 Å². The van der Waals surface area contributed by atoms with E-state index in [4.69, 9.17) is 0 Å². The third-order valence-corrected chi connectivity index (χ3v) is 3.79. The largest absolute Gasteiger partial charge is 0.401 e. The van der Waals surface area contributed by atoms with Crippen LogP contribution < -0.4 is 10.2 Å². The number of anilines is 1. The van der Waals surface area contributed by atoms with Gasteiger partial charge in [0.05, 0.1) is 6.54 Å². The summed E-state index contributed by atoms with van der Waals surface area (Å²) < 4.78 is 37.2. The number of hydrogen-bond donors (Lipinski definition) is 1. The fourth-order valence-electron chi connectivity index (χ4n) is 2.54. The molecule has 1 atom stereocenters. The van der Waals surface area contributed by atoms with Crippen LogP contribution in [0.5, 0.6) is 0 Å². The fourth-order valence-corrected chi connectivity index (χ4v) is 2.54. The number of rotatable bonds is 4. The number of nitrogens with one attached hydrogen (secondary N) is 1. The molecule has 1 aromatic rings. The van der Waals surface area contributed by atoms with Crippen LogP contribution in [0.3, 0.4) is 0 Å². The Morgan fingerprint density at radius 3 is 2.52 bits per heavy atom. The van der Waals surface area contributed by atoms with Gasteiger partial charge in [0, 0.05) is 44.0 Å². The lowest BCUT2D eigenvalue weighted by atomic mass is 10.1. The zero-order valence-electron chi connectivity index (χ0n) is 12.3. The van der Waals surface area contributed by atoms with Gasteiger partial charge in [-0.15, -0.1) is 0 Å². The minimum absolute atomic E-state index is 0.155. The molecule has 0 radical (unpaired) electrons. The highest BCUT2D eigenvalue weighted by molar-refractivity contribution is 5.48. The van der Waals surface area contributed by atoms with Gasteiger partial charge in [0.25, 0.3) is 0 Å². The third kappa shape index (κ3) is 4.31. The molecular formula is C14H21F3N4. The summed E-state index contributed by atoms with van der Waals surface area (Å²) in [5.41, 5.74) is 1.07. The second-order valence-corrected chi connectivity index (χ2v) is 5.30. The van der Waals surface area contributed by atoms with Gasteiger partial charge in [-0.25, -0.2) is 4.98 Å². The standard InChI is InChI=1S/C14H21F3N4/c1-11(18-2)12-4-3-5-19-13(12)21-8-6-20(7-9-21)10-14(15,16)17/h3-5,11,18H,6-10H2,1-2H3. The van der Waals surface area contributed by atoms with Crippen LogP contribution in [-0.2, 0) is 0 Å². The normalized spacial score (nSPS) is 18.8. The minimum atomic E-state index is -4.13. The van der Waals surface area contributed by atoms with Gasteiger partial charge in [0.15, 0.2) is 0 Å². The number of alkyl halides is 3. The molecule has 1 aromatic heterocycles. The van der Waals surface area contributed by atoms with Crippen LogP contribution in [0.1, 0.15) is 18.5 Å². The molecule has 1 aliphatic rings. The van der Waals surface area contributed by atoms with Crippen LogP contribution in [0.25, 0.3) is 0 Å². The van der Waals surface area contributed by atoms with Crippen molar-refractivity contribution in [3.63, 3.8) is 0 Å². The van der Waals surface area contributed by atoms with Crippen LogP contribution in [0.2, 0.25) is 0 Å². The lowest BCUT2D eigenvalue weighted by Crippen LogP contribution is -2.49. The molecule has 1 aliphatic heterocycles. The quantitative estimate of drug-likeness (QED) is 0.922. The summed E-state index contributed by atoms with van der Waals surface area (Å²) in [7, 11) is 1.88. The molecule has 118 valence electrons. The number of hydrogen-bond acceptors (Lipinski definition) is 4. The molecule has 0 spiro atoms. The summed E-state index contributed by atoms with van der Waals surface area (Å²) in [5, 5.41) is 3.17. The van der Waals surface area contributed by atoms with Crippen LogP contribution in [0.4, 0.5) is 19.0 Å². The van der Waals surface area contributed by atoms with Gasteiger partial charge >= 0.3 is 6.18 Å². The summed E-state index contributed by atoms with van der Waals surface area (Å²) in [6.07, 6.45) is -2.40. The average molecular weight is 302 g/mol. The maximum atomic E-state index is 12.4. The fraction of sp³-hybridized carbons (Fsp3) is 0.643. The van der Waals surface area contributed by atoms with Crippen molar-refractivity contribution in [3.8, 4) is 0 Å². The smallest absolute Gasteiger partial charge is 0.354 e. The number of aromatic nitrogens is 1. The zero-order valence-corrected chi connectivity index (χ0v) is 12.3. The molecule has 21 heavy (non-hydrogen) atoms. The Kier molecular flexibility index (Phi) is 5.05. The maximum absolute atomic E-state index is 12.4. The first-order valence-corrected chi connectivity index (χ1v) is 7.07. The summed E-state index contributed by atoms with van der Waals surface area (Å²) >= 11 is 0. The maximum Gasteiger partial charge on any atom is 0.401 e. The monoisotopic (exact) mass is 302 g/mol. The van der Waals surface area contributed by atoms with E-state index in [2.05, 4.69) is 15.2 Å². The van der Waals surface area contributed by atoms with Gasteiger partial charge in [-0.2, -0.15) is 13.2 Å². The molecule has 0 aliphatic carbocycles. The molecule has 1 unspecified atom stereocenters. The first kappa shape index (κ1) is 16.0. The van der Waals surface area contributed by atoms with Crippen LogP contribution in [0, 0.1) is 0 Å². The van der Waals surface area contributed by atoms with E-state index in [0.717, 1.165) is 11.4 Å². The van der Waals surface area contributed by atoms with Gasteiger partial charge in [0.1, 0.15) is 5.82 Å². The van der Waals surface area contributed by atoms with Gasteiger partial charge < -0.3 is 10.2 Å². The molecule has 2 rings (SSSR count). The Morgan fingerprint density at radius 1 is 1.29 bits per heavy atom. The predicted molar refractivity (Wildman–Crippen MR) is 76.4 cm³/mol. The SMILES string of the molecule is CNC(C)c1cccnc1N1CCN(CC(F)(F)F)CC1. The second-order valence-electron chi connectivity index (χ2n) is 5.30. The topological polar surface area (TPSA) is 31.4 Å². The highest BCUT2D eigenvalue weighted by atomic mass is 19.4. The highest BCUT2D eigenvalue weighted by Crippen LogP contribution is 2.25. The Hall–Kier alpha value is -1.34. The Bertz CT molecular complexity index is 456. The van der Waals surface area contributed by atoms with Crippen molar-refractivity contribution < 1.29 is 13.2 Å². The van der Waals surface area contributed by atoms with Crippen LogP contribution in [0.15, 0.2) is 18.3 Å². The highest BCUT2D eigenvalue weighted by Gasteiger charge is 2.32. The molecule has 0 saturated carbocycles. The van der Waals surface area contributed by atoms with Crippen molar-refractivity contribution in [2.24, 2.45) is 0 Å². The molecule has 0 bridgehead atoms. The molecule has 1 saturated heterocycles. The van der Waals surface area contributed by atoms with E-state index < -0.39 is 12.7 Å². The van der Waals surface area contributed by atoms with Gasteiger partial charge in [-0.3, -0.25) is 4.90 Å². The zero-order chi connectivity index (χ0) is 15.5. The van der Waals surface area contributed by atoms with E-state index in [1.165, 1.54) is 4.90 Å². The molecule has 1 fully saturated rings. The first-order chi connectivity index (χ1) is 9.90. The lowest BCUT2D eigenvalue weighted by molar-refractivity contribution is -0.146. The molecule has 2 heterocycles. The number of nitrogens with zero attached hydrogens (tertiary/aromatic N) is 3. The van der Waals surface area contributed by atoms with E-state index in [0.29, 0.717) is 26.2 Å². The van der Waals surface area contributed by atoms with E-state index >= 15 is 0 Å². The van der Waals surface area contributed by atoms with E-state index in [1.807, 2.05) is 26.1 Å². The Labute approximate surface area is 122 Å². The van der Waals surface area contributed by atoms with Crippen molar-refractivity contribution in [3.05, 3.63) is 23.9 Å². The van der Waals surface area contributed by atoms with Gasteiger partial charge in [-0.05, 0) is 20.0 Å². The van der Waals surface area contributed by atoms with Crippen molar-refractivity contribution in [2.45, 2.75) is 19.1 Å². The summed E-state index contributed by atoms with van der Waals surface area (Å²) in [5.74, 6) is 0.867. The van der Waals surface area contributed by atoms with Crippen molar-refractivity contribution in [1.29, 1.82) is 0 Å². The minimum Gasteiger partial charge on any atom is -0.354 e. The number of pyridine rings is 1. The summed E-state index contributed by atoms with van der Waals surface area (Å²) in [6.45, 7) is 3.16. The molecular weight excluding hydrogens is 281 g/mol. The van der Waals surface area contributed by atoms with Crippen molar-refractivity contribution >= 4 is 5.82 Å². The molecule has 0 aromatic carbocycles. The summed E-state index contributed by atoms with van der Waals surface area (Å²) in [4.78, 5) is 7.93. The molecule has 7 heteroatoms. The molecule has 1 N–H and O–H groups in total. The molecule has 0 amide bonds. The van der Waals surface area contributed by atoms with Crippen molar-refractivity contribution in [1.82, 2.24) is 15.2 Å². The average Bonchev–Trinajstić information content (AvgIpc) is 2.45. The summed E-state index contributed by atoms with van der Waals surface area (Å²) in [6, 6.07) is 4.04. The Morgan fingerprint density at radius 2 is 1.95 bits per heavy atom. The number of piperazine rings is 1. The van der Waals surface area contributed by atoms with Gasteiger partial charge in [0.2, 0.25) is 0 Å². The predicted octanol–water partition coefficient (Wildman–Crippen LogP) is 2.05.